The monoisotopic (exact) mass is 250 g/mol. The van der Waals surface area contributed by atoms with E-state index in [-0.39, 0.29) is 12.6 Å². The first-order valence-corrected chi connectivity index (χ1v) is 6.08. The lowest BCUT2D eigenvalue weighted by Gasteiger charge is -2.23. The van der Waals surface area contributed by atoms with Crippen molar-refractivity contribution in [2.45, 2.75) is 19.8 Å². The molecule has 0 spiro atoms. The quantitative estimate of drug-likeness (QED) is 0.691. The van der Waals surface area contributed by atoms with Crippen LogP contribution >= 0.6 is 0 Å². The highest BCUT2D eigenvalue weighted by Crippen LogP contribution is 2.23. The molecule has 2 aromatic heterocycles. The molecule has 0 saturated heterocycles. The largest absolute Gasteiger partial charge is 0.395 e. The molecule has 0 radical (unpaired) electrons. The van der Waals surface area contributed by atoms with E-state index in [1.54, 1.807) is 6.20 Å². The first-order valence-electron chi connectivity index (χ1n) is 6.08. The molecule has 18 heavy (non-hydrogen) atoms. The third-order valence-corrected chi connectivity index (χ3v) is 2.76. The average molecular weight is 250 g/mol. The van der Waals surface area contributed by atoms with Gasteiger partial charge >= 0.3 is 0 Å². The van der Waals surface area contributed by atoms with Crippen LogP contribution < -0.4 is 10.6 Å². The molecule has 0 aliphatic rings. The van der Waals surface area contributed by atoms with Crippen LogP contribution in [0.15, 0.2) is 6.20 Å². The van der Waals surface area contributed by atoms with Crippen LogP contribution in [0.2, 0.25) is 0 Å². The number of rotatable bonds is 6. The number of nitrogens with two attached hydrogens (primary N) is 1. The van der Waals surface area contributed by atoms with Gasteiger partial charge in [0.1, 0.15) is 5.82 Å². The maximum absolute atomic E-state index is 9.15. The van der Waals surface area contributed by atoms with Gasteiger partial charge in [-0.25, -0.2) is 0 Å². The Morgan fingerprint density at radius 3 is 2.94 bits per heavy atom. The molecule has 0 aromatic carbocycles. The lowest BCUT2D eigenvalue weighted by Crippen LogP contribution is -2.29. The van der Waals surface area contributed by atoms with E-state index in [4.69, 9.17) is 10.8 Å². The van der Waals surface area contributed by atoms with Gasteiger partial charge in [-0.1, -0.05) is 13.3 Å². The molecular weight excluding hydrogens is 232 g/mol. The highest BCUT2D eigenvalue weighted by molar-refractivity contribution is 5.87. The Morgan fingerprint density at radius 1 is 1.39 bits per heavy atom. The molecule has 2 heterocycles. The van der Waals surface area contributed by atoms with Gasteiger partial charge in [0.2, 0.25) is 5.95 Å². The van der Waals surface area contributed by atoms with Gasteiger partial charge in [-0.3, -0.25) is 5.10 Å². The lowest BCUT2D eigenvalue weighted by atomic mass is 10.3. The fourth-order valence-electron chi connectivity index (χ4n) is 1.87. The maximum Gasteiger partial charge on any atom is 0.224 e. The van der Waals surface area contributed by atoms with Gasteiger partial charge in [-0.15, -0.1) is 0 Å². The van der Waals surface area contributed by atoms with E-state index >= 15 is 0 Å². The van der Waals surface area contributed by atoms with Gasteiger partial charge in [-0.05, 0) is 6.42 Å². The number of hydrogen-bond acceptors (Lipinski definition) is 6. The topological polar surface area (TPSA) is 104 Å². The number of nitrogens with one attached hydrogen (secondary N) is 1. The van der Waals surface area contributed by atoms with Crippen LogP contribution in [-0.2, 0) is 0 Å². The van der Waals surface area contributed by atoms with E-state index in [1.807, 2.05) is 4.90 Å². The molecule has 98 valence electrons. The summed E-state index contributed by atoms with van der Waals surface area (Å²) in [6.45, 7) is 3.55. The van der Waals surface area contributed by atoms with Crippen LogP contribution in [0.25, 0.3) is 11.0 Å². The number of aliphatic hydroxyl groups is 1. The SMILES string of the molecule is CCCCN(CCO)c1nc(N)nc2[nH]ncc12. The molecule has 4 N–H and O–H groups in total. The van der Waals surface area contributed by atoms with Crippen molar-refractivity contribution in [3.63, 3.8) is 0 Å². The van der Waals surface area contributed by atoms with Gasteiger partial charge in [0.05, 0.1) is 18.2 Å². The predicted molar refractivity (Wildman–Crippen MR) is 70.3 cm³/mol. The molecule has 2 aromatic rings. The average Bonchev–Trinajstić information content (AvgIpc) is 2.81. The van der Waals surface area contributed by atoms with Crippen LogP contribution in [0.5, 0.6) is 0 Å². The van der Waals surface area contributed by atoms with Gasteiger partial charge < -0.3 is 15.7 Å². The summed E-state index contributed by atoms with van der Waals surface area (Å²) in [4.78, 5) is 10.4. The molecule has 2 rings (SSSR count). The molecule has 7 nitrogen and oxygen atoms in total. The summed E-state index contributed by atoms with van der Waals surface area (Å²) in [5.41, 5.74) is 6.31. The molecule has 0 aliphatic carbocycles. The Labute approximate surface area is 105 Å². The fourth-order valence-corrected chi connectivity index (χ4v) is 1.87. The minimum Gasteiger partial charge on any atom is -0.395 e. The number of aromatic amines is 1. The Bertz CT molecular complexity index is 511. The second-order valence-corrected chi connectivity index (χ2v) is 4.10. The Balaban J connectivity index is 2.38. The fraction of sp³-hybridized carbons (Fsp3) is 0.545. The number of nitrogens with zero attached hydrogens (tertiary/aromatic N) is 4. The van der Waals surface area contributed by atoms with Crippen molar-refractivity contribution in [2.75, 3.05) is 30.3 Å². The predicted octanol–water partition coefficient (Wildman–Crippen LogP) is 0.534. The summed E-state index contributed by atoms with van der Waals surface area (Å²) in [6, 6.07) is 0. The van der Waals surface area contributed by atoms with Crippen molar-refractivity contribution >= 4 is 22.8 Å². The van der Waals surface area contributed by atoms with E-state index in [0.717, 1.165) is 30.6 Å². The zero-order valence-corrected chi connectivity index (χ0v) is 10.4. The van der Waals surface area contributed by atoms with E-state index in [2.05, 4.69) is 27.1 Å². The van der Waals surface area contributed by atoms with E-state index < -0.39 is 0 Å². The van der Waals surface area contributed by atoms with E-state index in [9.17, 15) is 0 Å². The number of aromatic nitrogens is 4. The van der Waals surface area contributed by atoms with Crippen molar-refractivity contribution in [1.82, 2.24) is 20.2 Å². The molecule has 0 aliphatic heterocycles. The zero-order chi connectivity index (χ0) is 13.0. The summed E-state index contributed by atoms with van der Waals surface area (Å²) in [5.74, 6) is 0.940. The summed E-state index contributed by atoms with van der Waals surface area (Å²) < 4.78 is 0. The van der Waals surface area contributed by atoms with Crippen LogP contribution in [0.4, 0.5) is 11.8 Å². The standard InChI is InChI=1S/C11H18N6O/c1-2-3-4-17(5-6-18)10-8-7-13-16-9(8)14-11(12)15-10/h7,18H,2-6H2,1H3,(H3,12,13,14,15,16). The summed E-state index contributed by atoms with van der Waals surface area (Å²) in [6.07, 6.45) is 3.79. The minimum atomic E-state index is 0.0764. The van der Waals surface area contributed by atoms with Crippen molar-refractivity contribution in [2.24, 2.45) is 0 Å². The Kier molecular flexibility index (Phi) is 3.93. The first kappa shape index (κ1) is 12.6. The van der Waals surface area contributed by atoms with Crippen LogP contribution in [0.1, 0.15) is 19.8 Å². The molecule has 0 bridgehead atoms. The summed E-state index contributed by atoms with van der Waals surface area (Å²) >= 11 is 0. The lowest BCUT2D eigenvalue weighted by molar-refractivity contribution is 0.301. The summed E-state index contributed by atoms with van der Waals surface area (Å²) in [5, 5.41) is 16.7. The number of H-pyrrole nitrogens is 1. The Morgan fingerprint density at radius 2 is 2.22 bits per heavy atom. The highest BCUT2D eigenvalue weighted by atomic mass is 16.3. The second kappa shape index (κ2) is 5.63. The number of fused-ring (bicyclic) bond motifs is 1. The molecule has 0 atom stereocenters. The number of aliphatic hydroxyl groups excluding tert-OH is 1. The smallest absolute Gasteiger partial charge is 0.224 e. The number of unbranched alkanes of at least 4 members (excludes halogenated alkanes) is 1. The molecule has 0 saturated carbocycles. The van der Waals surface area contributed by atoms with Gasteiger partial charge in [0, 0.05) is 13.1 Å². The molecule has 0 fully saturated rings. The zero-order valence-electron chi connectivity index (χ0n) is 10.4. The maximum atomic E-state index is 9.15. The summed E-state index contributed by atoms with van der Waals surface area (Å²) in [7, 11) is 0. The van der Waals surface area contributed by atoms with Gasteiger partial charge in [0.25, 0.3) is 0 Å². The third kappa shape index (κ3) is 2.51. The van der Waals surface area contributed by atoms with Crippen molar-refractivity contribution in [3.8, 4) is 0 Å². The molecule has 0 amide bonds. The van der Waals surface area contributed by atoms with Crippen molar-refractivity contribution in [1.29, 1.82) is 0 Å². The number of nitrogen functional groups attached to an aromatic ring is 1. The molecular formula is C11H18N6O. The van der Waals surface area contributed by atoms with E-state index in [1.165, 1.54) is 0 Å². The minimum absolute atomic E-state index is 0.0764. The van der Waals surface area contributed by atoms with Gasteiger partial charge in [0.15, 0.2) is 5.65 Å². The molecule has 7 heteroatoms. The first-order chi connectivity index (χ1) is 8.76. The van der Waals surface area contributed by atoms with Crippen molar-refractivity contribution < 1.29 is 5.11 Å². The normalized spacial score (nSPS) is 11.0. The Hall–Kier alpha value is -1.89. The van der Waals surface area contributed by atoms with Crippen molar-refractivity contribution in [3.05, 3.63) is 6.20 Å². The van der Waals surface area contributed by atoms with Crippen LogP contribution in [-0.4, -0.2) is 45.0 Å². The van der Waals surface area contributed by atoms with Crippen LogP contribution in [0, 0.1) is 0 Å². The van der Waals surface area contributed by atoms with E-state index in [0.29, 0.717) is 12.2 Å². The number of anilines is 2. The molecule has 0 unspecified atom stereocenters. The third-order valence-electron chi connectivity index (χ3n) is 2.76. The van der Waals surface area contributed by atoms with Gasteiger partial charge in [-0.2, -0.15) is 15.1 Å². The number of hydrogen-bond donors (Lipinski definition) is 3. The van der Waals surface area contributed by atoms with Crippen LogP contribution in [0.3, 0.4) is 0 Å². The highest BCUT2D eigenvalue weighted by Gasteiger charge is 2.14. The second-order valence-electron chi connectivity index (χ2n) is 4.10.